The number of aryl methyl sites for hydroxylation is 1. The Kier molecular flexibility index (Phi) is 2.67. The first-order chi connectivity index (χ1) is 8.24. The predicted octanol–water partition coefficient (Wildman–Crippen LogP) is 4.36. The smallest absolute Gasteiger partial charge is 0.122 e. The standard InChI is InChI=1S/C15H13BrO/c1-10-8-13(16)3-4-14(10)11-2-5-15-12(9-11)6-7-17-15/h2-5,8-9H,6-7H2,1H3. The quantitative estimate of drug-likeness (QED) is 0.758. The van der Waals surface area contributed by atoms with Crippen molar-refractivity contribution in [2.24, 2.45) is 0 Å². The minimum Gasteiger partial charge on any atom is -0.493 e. The van der Waals surface area contributed by atoms with Crippen molar-refractivity contribution in [1.29, 1.82) is 0 Å². The molecule has 0 atom stereocenters. The van der Waals surface area contributed by atoms with E-state index in [1.165, 1.54) is 22.3 Å². The molecule has 0 amide bonds. The SMILES string of the molecule is Cc1cc(Br)ccc1-c1ccc2c(c1)CCO2. The van der Waals surface area contributed by atoms with E-state index in [0.717, 1.165) is 23.2 Å². The maximum Gasteiger partial charge on any atom is 0.122 e. The maximum absolute atomic E-state index is 5.53. The Hall–Kier alpha value is -1.28. The van der Waals surface area contributed by atoms with Gasteiger partial charge < -0.3 is 4.74 Å². The summed E-state index contributed by atoms with van der Waals surface area (Å²) in [6.07, 6.45) is 1.03. The van der Waals surface area contributed by atoms with Crippen molar-refractivity contribution in [1.82, 2.24) is 0 Å². The lowest BCUT2D eigenvalue weighted by atomic mass is 9.98. The van der Waals surface area contributed by atoms with Crippen molar-refractivity contribution in [3.8, 4) is 16.9 Å². The Morgan fingerprint density at radius 1 is 1.12 bits per heavy atom. The number of halogens is 1. The van der Waals surface area contributed by atoms with Gasteiger partial charge in [-0.25, -0.2) is 0 Å². The summed E-state index contributed by atoms with van der Waals surface area (Å²) in [5.74, 6) is 1.04. The molecule has 1 nitrogen and oxygen atoms in total. The highest BCUT2D eigenvalue weighted by Gasteiger charge is 2.13. The van der Waals surface area contributed by atoms with Crippen LogP contribution in [-0.2, 0) is 6.42 Å². The summed E-state index contributed by atoms with van der Waals surface area (Å²) in [5.41, 5.74) is 5.19. The van der Waals surface area contributed by atoms with Crippen molar-refractivity contribution >= 4 is 15.9 Å². The second kappa shape index (κ2) is 4.19. The van der Waals surface area contributed by atoms with Gasteiger partial charge in [0.15, 0.2) is 0 Å². The van der Waals surface area contributed by atoms with E-state index in [4.69, 9.17) is 4.74 Å². The number of rotatable bonds is 1. The highest BCUT2D eigenvalue weighted by atomic mass is 79.9. The van der Waals surface area contributed by atoms with Crippen LogP contribution in [0.15, 0.2) is 40.9 Å². The number of hydrogen-bond acceptors (Lipinski definition) is 1. The van der Waals surface area contributed by atoms with Crippen LogP contribution >= 0.6 is 15.9 Å². The fourth-order valence-electron chi connectivity index (χ4n) is 2.31. The van der Waals surface area contributed by atoms with Gasteiger partial charge in [0.05, 0.1) is 6.61 Å². The molecule has 2 heteroatoms. The number of hydrogen-bond donors (Lipinski definition) is 0. The summed E-state index contributed by atoms with van der Waals surface area (Å²) in [7, 11) is 0. The Bertz CT molecular complexity index is 575. The summed E-state index contributed by atoms with van der Waals surface area (Å²) in [4.78, 5) is 0. The summed E-state index contributed by atoms with van der Waals surface area (Å²) < 4.78 is 6.66. The Labute approximate surface area is 110 Å². The minimum absolute atomic E-state index is 0.818. The largest absolute Gasteiger partial charge is 0.493 e. The van der Waals surface area contributed by atoms with Crippen molar-refractivity contribution in [3.05, 3.63) is 52.0 Å². The van der Waals surface area contributed by atoms with Crippen LogP contribution in [0, 0.1) is 6.92 Å². The summed E-state index contributed by atoms with van der Waals surface area (Å²) in [5, 5.41) is 0. The van der Waals surface area contributed by atoms with Crippen LogP contribution in [0.3, 0.4) is 0 Å². The molecule has 86 valence electrons. The summed E-state index contributed by atoms with van der Waals surface area (Å²) in [6.45, 7) is 2.96. The van der Waals surface area contributed by atoms with Gasteiger partial charge in [-0.15, -0.1) is 0 Å². The molecule has 0 aliphatic carbocycles. The van der Waals surface area contributed by atoms with Gasteiger partial charge in [0, 0.05) is 10.9 Å². The third-order valence-electron chi connectivity index (χ3n) is 3.19. The van der Waals surface area contributed by atoms with Crippen LogP contribution in [0.1, 0.15) is 11.1 Å². The lowest BCUT2D eigenvalue weighted by Crippen LogP contribution is -1.85. The van der Waals surface area contributed by atoms with Gasteiger partial charge in [-0.3, -0.25) is 0 Å². The predicted molar refractivity (Wildman–Crippen MR) is 73.5 cm³/mol. The van der Waals surface area contributed by atoms with E-state index in [2.05, 4.69) is 59.3 Å². The Balaban J connectivity index is 2.09. The van der Waals surface area contributed by atoms with E-state index in [9.17, 15) is 0 Å². The van der Waals surface area contributed by atoms with E-state index < -0.39 is 0 Å². The van der Waals surface area contributed by atoms with E-state index >= 15 is 0 Å². The molecule has 0 bridgehead atoms. The molecule has 0 spiro atoms. The van der Waals surface area contributed by atoms with Crippen LogP contribution in [0.5, 0.6) is 5.75 Å². The Morgan fingerprint density at radius 3 is 2.82 bits per heavy atom. The number of ether oxygens (including phenoxy) is 1. The van der Waals surface area contributed by atoms with Crippen molar-refractivity contribution in [3.63, 3.8) is 0 Å². The van der Waals surface area contributed by atoms with Crippen molar-refractivity contribution < 1.29 is 4.74 Å². The lowest BCUT2D eigenvalue weighted by molar-refractivity contribution is 0.357. The Morgan fingerprint density at radius 2 is 2.00 bits per heavy atom. The van der Waals surface area contributed by atoms with Gasteiger partial charge >= 0.3 is 0 Å². The molecule has 0 saturated heterocycles. The van der Waals surface area contributed by atoms with Gasteiger partial charge in [-0.2, -0.15) is 0 Å². The van der Waals surface area contributed by atoms with Crippen LogP contribution in [0.25, 0.3) is 11.1 Å². The first kappa shape index (κ1) is 10.8. The highest BCUT2D eigenvalue weighted by molar-refractivity contribution is 9.10. The fraction of sp³-hybridized carbons (Fsp3) is 0.200. The highest BCUT2D eigenvalue weighted by Crippen LogP contribution is 2.32. The molecular weight excluding hydrogens is 276 g/mol. The second-order valence-corrected chi connectivity index (χ2v) is 5.30. The third-order valence-corrected chi connectivity index (χ3v) is 3.68. The maximum atomic E-state index is 5.53. The monoisotopic (exact) mass is 288 g/mol. The molecule has 2 aromatic carbocycles. The minimum atomic E-state index is 0.818. The molecule has 0 saturated carbocycles. The van der Waals surface area contributed by atoms with Gasteiger partial charge in [-0.1, -0.05) is 28.1 Å². The third kappa shape index (κ3) is 1.98. The van der Waals surface area contributed by atoms with E-state index in [0.29, 0.717) is 0 Å². The van der Waals surface area contributed by atoms with Crippen LogP contribution in [0.4, 0.5) is 0 Å². The van der Waals surface area contributed by atoms with Crippen molar-refractivity contribution in [2.75, 3.05) is 6.61 Å². The zero-order valence-electron chi connectivity index (χ0n) is 9.66. The van der Waals surface area contributed by atoms with Crippen LogP contribution in [0.2, 0.25) is 0 Å². The number of fused-ring (bicyclic) bond motifs is 1. The zero-order chi connectivity index (χ0) is 11.8. The fourth-order valence-corrected chi connectivity index (χ4v) is 2.78. The molecule has 0 unspecified atom stereocenters. The molecule has 0 aromatic heterocycles. The average molecular weight is 289 g/mol. The number of benzene rings is 2. The molecule has 1 aliphatic rings. The molecule has 2 aromatic rings. The first-order valence-electron chi connectivity index (χ1n) is 5.76. The summed E-state index contributed by atoms with van der Waals surface area (Å²) in [6, 6.07) is 12.9. The molecule has 1 heterocycles. The molecule has 0 fully saturated rings. The molecule has 0 radical (unpaired) electrons. The van der Waals surface area contributed by atoms with E-state index in [-0.39, 0.29) is 0 Å². The topological polar surface area (TPSA) is 9.23 Å². The van der Waals surface area contributed by atoms with Crippen LogP contribution < -0.4 is 4.74 Å². The summed E-state index contributed by atoms with van der Waals surface area (Å²) >= 11 is 3.50. The lowest BCUT2D eigenvalue weighted by Gasteiger charge is -2.08. The van der Waals surface area contributed by atoms with Crippen molar-refractivity contribution in [2.45, 2.75) is 13.3 Å². The van der Waals surface area contributed by atoms with E-state index in [1.54, 1.807) is 0 Å². The zero-order valence-corrected chi connectivity index (χ0v) is 11.3. The molecular formula is C15H13BrO. The molecule has 1 aliphatic heterocycles. The van der Waals surface area contributed by atoms with Crippen LogP contribution in [-0.4, -0.2) is 6.61 Å². The van der Waals surface area contributed by atoms with E-state index in [1.807, 2.05) is 0 Å². The van der Waals surface area contributed by atoms with Gasteiger partial charge in [-0.05, 0) is 53.4 Å². The molecule has 17 heavy (non-hydrogen) atoms. The average Bonchev–Trinajstić information content (AvgIpc) is 2.75. The molecule has 3 rings (SSSR count). The molecule has 0 N–H and O–H groups in total. The van der Waals surface area contributed by atoms with Gasteiger partial charge in [0.25, 0.3) is 0 Å². The van der Waals surface area contributed by atoms with Gasteiger partial charge in [0.2, 0.25) is 0 Å². The second-order valence-electron chi connectivity index (χ2n) is 4.38. The first-order valence-corrected chi connectivity index (χ1v) is 6.55. The normalized spacial score (nSPS) is 13.3. The van der Waals surface area contributed by atoms with Gasteiger partial charge in [0.1, 0.15) is 5.75 Å².